The van der Waals surface area contributed by atoms with E-state index in [0.717, 1.165) is 24.8 Å². The molecule has 0 aliphatic heterocycles. The number of fused-ring (bicyclic) bond motifs is 1. The molecule has 3 heterocycles. The Labute approximate surface area is 212 Å². The van der Waals surface area contributed by atoms with Crippen molar-refractivity contribution in [1.29, 1.82) is 0 Å². The van der Waals surface area contributed by atoms with Crippen LogP contribution in [0, 0.1) is 11.8 Å². The fourth-order valence-electron chi connectivity index (χ4n) is 5.06. The maximum absolute atomic E-state index is 13.9. The molecule has 0 radical (unpaired) electrons. The normalized spacial score (nSPS) is 19.5. The van der Waals surface area contributed by atoms with E-state index in [1.807, 2.05) is 13.0 Å². The van der Waals surface area contributed by atoms with E-state index in [1.165, 1.54) is 4.68 Å². The number of alkyl halides is 2. The molecule has 2 aliphatic rings. The summed E-state index contributed by atoms with van der Waals surface area (Å²) < 4.78 is 30.7. The largest absolute Gasteiger partial charge is 0.349 e. The first-order valence-corrected chi connectivity index (χ1v) is 12.8. The molecule has 3 aromatic heterocycles. The second kappa shape index (κ2) is 10.1. The van der Waals surface area contributed by atoms with Gasteiger partial charge in [-0.3, -0.25) is 9.59 Å². The minimum atomic E-state index is -2.70. The van der Waals surface area contributed by atoms with Crippen LogP contribution in [0.15, 0.2) is 18.5 Å². The number of halogens is 2. The highest BCUT2D eigenvalue weighted by molar-refractivity contribution is 5.90. The molecule has 5 rings (SSSR count). The van der Waals surface area contributed by atoms with Gasteiger partial charge in [0.15, 0.2) is 5.65 Å². The zero-order chi connectivity index (χ0) is 26.2. The first-order valence-electron chi connectivity index (χ1n) is 12.8. The smallest absolute Gasteiger partial charge is 0.291 e. The number of imidazole rings is 1. The summed E-state index contributed by atoms with van der Waals surface area (Å²) in [7, 11) is 1.55. The monoisotopic (exact) mass is 515 g/mol. The Kier molecular flexibility index (Phi) is 6.86. The summed E-state index contributed by atoms with van der Waals surface area (Å²) in [5, 5.41) is 21.5. The number of aryl methyl sites for hydroxylation is 1. The third kappa shape index (κ3) is 5.59. The zero-order valence-electron chi connectivity index (χ0n) is 20.9. The number of carbonyl (C=O) groups excluding carboxylic acids is 2. The van der Waals surface area contributed by atoms with Gasteiger partial charge >= 0.3 is 0 Å². The molecule has 3 aromatic rings. The Hall–Kier alpha value is -3.51. The van der Waals surface area contributed by atoms with Gasteiger partial charge in [0.05, 0.1) is 30.2 Å². The van der Waals surface area contributed by atoms with E-state index >= 15 is 0 Å². The van der Waals surface area contributed by atoms with Crippen LogP contribution in [0.2, 0.25) is 0 Å². The Morgan fingerprint density at radius 2 is 1.86 bits per heavy atom. The molecule has 2 N–H and O–H groups in total. The molecular weight excluding hydrogens is 484 g/mol. The van der Waals surface area contributed by atoms with Crippen LogP contribution < -0.4 is 10.6 Å². The number of hydrogen-bond donors (Lipinski definition) is 2. The summed E-state index contributed by atoms with van der Waals surface area (Å²) in [6.07, 6.45) is 6.77. The van der Waals surface area contributed by atoms with Crippen LogP contribution >= 0.6 is 0 Å². The number of amides is 2. The van der Waals surface area contributed by atoms with Crippen molar-refractivity contribution in [1.82, 2.24) is 45.4 Å². The number of nitrogens with zero attached hydrogens (tertiary/aromatic N) is 7. The van der Waals surface area contributed by atoms with Crippen molar-refractivity contribution in [3.63, 3.8) is 0 Å². The van der Waals surface area contributed by atoms with Crippen LogP contribution in [0.25, 0.3) is 5.65 Å². The van der Waals surface area contributed by atoms with Gasteiger partial charge in [0, 0.05) is 26.3 Å². The molecule has 0 unspecified atom stereocenters. The molecule has 198 valence electrons. The fourth-order valence-corrected chi connectivity index (χ4v) is 5.06. The fraction of sp³-hybridized carbons (Fsp3) is 0.625. The van der Waals surface area contributed by atoms with E-state index in [9.17, 15) is 18.4 Å². The van der Waals surface area contributed by atoms with Gasteiger partial charge in [-0.05, 0) is 66.0 Å². The van der Waals surface area contributed by atoms with Crippen molar-refractivity contribution in [2.24, 2.45) is 18.9 Å². The molecule has 2 saturated carbocycles. The molecule has 0 saturated heterocycles. The molecule has 2 aliphatic carbocycles. The van der Waals surface area contributed by atoms with Gasteiger partial charge in [0.25, 0.3) is 5.91 Å². The zero-order valence-corrected chi connectivity index (χ0v) is 20.9. The number of rotatable bonds is 9. The predicted octanol–water partition coefficient (Wildman–Crippen LogP) is 2.92. The number of aromatic nitrogens is 7. The minimum absolute atomic E-state index is 0.0124. The van der Waals surface area contributed by atoms with Crippen LogP contribution in [-0.4, -0.2) is 52.5 Å². The highest BCUT2D eigenvalue weighted by atomic mass is 19.3. The standard InChI is InChI=1S/C24H31F2N9O2/c1-3-4-19(36)29-20(14-5-6-14)16-11-18-28-17(13-35(18)27-12-16)21(15-7-9-24(25,26)10-8-15)30-23(37)22-31-32-33-34(22)2/h11-15,20-21H,3-10H2,1-2H3,(H,29,36)(H,30,37)/t20-,21+/m1/s1. The van der Waals surface area contributed by atoms with Gasteiger partial charge in [-0.15, -0.1) is 5.10 Å². The van der Waals surface area contributed by atoms with Crippen LogP contribution in [0.1, 0.15) is 92.3 Å². The van der Waals surface area contributed by atoms with E-state index in [4.69, 9.17) is 4.98 Å². The van der Waals surface area contributed by atoms with Crippen molar-refractivity contribution < 1.29 is 18.4 Å². The molecule has 37 heavy (non-hydrogen) atoms. The van der Waals surface area contributed by atoms with Gasteiger partial charge in [0.1, 0.15) is 0 Å². The lowest BCUT2D eigenvalue weighted by Gasteiger charge is -2.33. The van der Waals surface area contributed by atoms with Crippen LogP contribution in [0.5, 0.6) is 0 Å². The first-order chi connectivity index (χ1) is 17.7. The van der Waals surface area contributed by atoms with Gasteiger partial charge < -0.3 is 10.6 Å². The number of nitrogens with one attached hydrogen (secondary N) is 2. The number of carbonyl (C=O) groups is 2. The van der Waals surface area contributed by atoms with E-state index in [-0.39, 0.29) is 49.4 Å². The topological polar surface area (TPSA) is 132 Å². The molecule has 11 nitrogen and oxygen atoms in total. The Morgan fingerprint density at radius 3 is 2.51 bits per heavy atom. The van der Waals surface area contributed by atoms with Crippen LogP contribution in [0.4, 0.5) is 8.78 Å². The van der Waals surface area contributed by atoms with Crippen LogP contribution in [0.3, 0.4) is 0 Å². The van der Waals surface area contributed by atoms with Crippen molar-refractivity contribution >= 4 is 17.5 Å². The average molecular weight is 516 g/mol. The minimum Gasteiger partial charge on any atom is -0.349 e. The molecular formula is C24H31F2N9O2. The third-order valence-corrected chi connectivity index (χ3v) is 7.27. The van der Waals surface area contributed by atoms with E-state index in [2.05, 4.69) is 31.3 Å². The van der Waals surface area contributed by atoms with Gasteiger partial charge in [-0.2, -0.15) is 5.10 Å². The molecule has 0 aromatic carbocycles. The van der Waals surface area contributed by atoms with E-state index in [1.54, 1.807) is 24.0 Å². The molecule has 0 bridgehead atoms. The van der Waals surface area contributed by atoms with Crippen molar-refractivity contribution in [2.45, 2.75) is 76.3 Å². The maximum atomic E-state index is 13.9. The summed E-state index contributed by atoms with van der Waals surface area (Å²) in [5.41, 5.74) is 1.96. The van der Waals surface area contributed by atoms with Gasteiger partial charge in [-0.25, -0.2) is 23.0 Å². The Balaban J connectivity index is 1.43. The van der Waals surface area contributed by atoms with E-state index < -0.39 is 17.9 Å². The Morgan fingerprint density at radius 1 is 1.14 bits per heavy atom. The second-order valence-electron chi connectivity index (χ2n) is 10.2. The summed E-state index contributed by atoms with van der Waals surface area (Å²) in [4.78, 5) is 30.0. The molecule has 2 fully saturated rings. The van der Waals surface area contributed by atoms with Crippen molar-refractivity contribution in [3.8, 4) is 0 Å². The summed E-state index contributed by atoms with van der Waals surface area (Å²) in [5.74, 6) is -3.04. The van der Waals surface area contributed by atoms with E-state index in [0.29, 0.717) is 23.7 Å². The quantitative estimate of drug-likeness (QED) is 0.448. The number of hydrogen-bond acceptors (Lipinski definition) is 7. The van der Waals surface area contributed by atoms with Crippen molar-refractivity contribution in [2.75, 3.05) is 0 Å². The lowest BCUT2D eigenvalue weighted by Crippen LogP contribution is -2.38. The molecule has 13 heteroatoms. The summed E-state index contributed by atoms with van der Waals surface area (Å²) in [6, 6.07) is 1.15. The highest BCUT2D eigenvalue weighted by Crippen LogP contribution is 2.42. The number of tetrazole rings is 1. The maximum Gasteiger partial charge on any atom is 0.291 e. The third-order valence-electron chi connectivity index (χ3n) is 7.27. The van der Waals surface area contributed by atoms with Gasteiger partial charge in [0.2, 0.25) is 17.7 Å². The Bertz CT molecular complexity index is 1280. The summed E-state index contributed by atoms with van der Waals surface area (Å²) in [6.45, 7) is 1.97. The lowest BCUT2D eigenvalue weighted by molar-refractivity contribution is -0.122. The molecule has 0 spiro atoms. The SMILES string of the molecule is CCCC(=O)N[C@@H](c1cnn2cc([C@@H](NC(=O)c3nnnn3C)C3CCC(F)(F)CC3)nc2c1)C1CC1. The predicted molar refractivity (Wildman–Crippen MR) is 127 cm³/mol. The van der Waals surface area contributed by atoms with Crippen LogP contribution in [-0.2, 0) is 11.8 Å². The lowest BCUT2D eigenvalue weighted by atomic mass is 9.81. The summed E-state index contributed by atoms with van der Waals surface area (Å²) >= 11 is 0. The van der Waals surface area contributed by atoms with Gasteiger partial charge in [-0.1, -0.05) is 6.92 Å². The average Bonchev–Trinajstić information content (AvgIpc) is 3.47. The highest BCUT2D eigenvalue weighted by Gasteiger charge is 2.40. The first kappa shape index (κ1) is 25.2. The molecule has 2 amide bonds. The molecule has 2 atom stereocenters. The second-order valence-corrected chi connectivity index (χ2v) is 10.2. The van der Waals surface area contributed by atoms with Crippen molar-refractivity contribution in [3.05, 3.63) is 35.5 Å².